The van der Waals surface area contributed by atoms with Gasteiger partial charge in [0.25, 0.3) is 0 Å². The number of nitrogens with two attached hydrogens (primary N) is 1. The topological polar surface area (TPSA) is 121 Å². The van der Waals surface area contributed by atoms with Gasteiger partial charge in [-0.1, -0.05) is 6.08 Å². The van der Waals surface area contributed by atoms with E-state index >= 15 is 0 Å². The summed E-state index contributed by atoms with van der Waals surface area (Å²) in [5.41, 5.74) is 5.40. The number of carbonyl (C=O) groups is 1. The van der Waals surface area contributed by atoms with Gasteiger partial charge in [-0.2, -0.15) is 0 Å². The predicted molar refractivity (Wildman–Crippen MR) is 46.3 cm³/mol. The van der Waals surface area contributed by atoms with Gasteiger partial charge in [-0.15, -0.1) is 0 Å². The Labute approximate surface area is 75.2 Å². The molecule has 0 aromatic rings. The molecule has 5 N–H and O–H groups in total. The summed E-state index contributed by atoms with van der Waals surface area (Å²) < 4.78 is 10.4. The van der Waals surface area contributed by atoms with E-state index in [0.717, 1.165) is 6.08 Å². The molecule has 6 nitrogen and oxygen atoms in total. The van der Waals surface area contributed by atoms with Gasteiger partial charge in [0.05, 0.1) is 6.16 Å². The van der Waals surface area contributed by atoms with E-state index in [1.165, 1.54) is 6.92 Å². The van der Waals surface area contributed by atoms with Crippen LogP contribution in [0.2, 0.25) is 0 Å². The van der Waals surface area contributed by atoms with E-state index in [9.17, 15) is 9.36 Å². The lowest BCUT2D eigenvalue weighted by atomic mass is 10.1. The molecule has 0 amide bonds. The van der Waals surface area contributed by atoms with Crippen molar-refractivity contribution in [1.82, 2.24) is 0 Å². The third kappa shape index (κ3) is 5.54. The first-order chi connectivity index (χ1) is 5.74. The summed E-state index contributed by atoms with van der Waals surface area (Å²) in [7, 11) is -4.11. The maximum Gasteiger partial charge on any atom is 0.329 e. The molecule has 0 saturated heterocycles. The summed E-state index contributed by atoms with van der Waals surface area (Å²) in [6.45, 7) is 1.41. The van der Waals surface area contributed by atoms with Crippen LogP contribution in [-0.2, 0) is 9.36 Å². The molecule has 1 unspecified atom stereocenters. The van der Waals surface area contributed by atoms with Crippen LogP contribution in [0.25, 0.3) is 0 Å². The van der Waals surface area contributed by atoms with E-state index in [4.69, 9.17) is 20.6 Å². The minimum absolute atomic E-state index is 0.232. The lowest BCUT2D eigenvalue weighted by Gasteiger charge is -2.06. The highest BCUT2D eigenvalue weighted by Gasteiger charge is 2.15. The average molecular weight is 209 g/mol. The van der Waals surface area contributed by atoms with Crippen molar-refractivity contribution in [2.24, 2.45) is 5.73 Å². The number of hydrogen-bond acceptors (Lipinski definition) is 3. The van der Waals surface area contributed by atoms with E-state index in [1.54, 1.807) is 0 Å². The molecular formula is C6H12NO5P. The molecule has 0 aromatic heterocycles. The van der Waals surface area contributed by atoms with Crippen LogP contribution in [0.4, 0.5) is 0 Å². The molecule has 0 fully saturated rings. The van der Waals surface area contributed by atoms with Gasteiger partial charge in [0.2, 0.25) is 0 Å². The molecule has 0 aliphatic carbocycles. The molecule has 0 rings (SSSR count). The third-order valence-corrected chi connectivity index (χ3v) is 2.07. The van der Waals surface area contributed by atoms with Gasteiger partial charge >= 0.3 is 13.6 Å². The van der Waals surface area contributed by atoms with Crippen LogP contribution >= 0.6 is 7.60 Å². The van der Waals surface area contributed by atoms with Gasteiger partial charge in [-0.25, -0.2) is 0 Å². The second-order valence-electron chi connectivity index (χ2n) is 2.61. The molecule has 0 aliphatic rings. The first-order valence-corrected chi connectivity index (χ1v) is 5.23. The monoisotopic (exact) mass is 209 g/mol. The molecule has 0 saturated carbocycles. The average Bonchev–Trinajstić information content (AvgIpc) is 1.97. The Hall–Kier alpha value is -0.680. The van der Waals surface area contributed by atoms with E-state index in [2.05, 4.69) is 0 Å². The van der Waals surface area contributed by atoms with Gasteiger partial charge in [-0.3, -0.25) is 9.36 Å². The number of rotatable bonds is 4. The summed E-state index contributed by atoms with van der Waals surface area (Å²) >= 11 is 0. The number of hydrogen-bond donors (Lipinski definition) is 4. The molecule has 0 heterocycles. The highest BCUT2D eigenvalue weighted by Crippen LogP contribution is 2.34. The molecular weight excluding hydrogens is 197 g/mol. The van der Waals surface area contributed by atoms with Crippen LogP contribution in [0.3, 0.4) is 0 Å². The largest absolute Gasteiger partial charge is 0.480 e. The van der Waals surface area contributed by atoms with Gasteiger partial charge in [0, 0.05) is 0 Å². The number of carboxylic acids is 1. The molecule has 1 atom stereocenters. The Bertz CT molecular complexity index is 268. The van der Waals surface area contributed by atoms with Crippen molar-refractivity contribution in [3.8, 4) is 0 Å². The van der Waals surface area contributed by atoms with Crippen molar-refractivity contribution >= 4 is 13.6 Å². The number of allylic oxidation sites excluding steroid dienone is 1. The highest BCUT2D eigenvalue weighted by atomic mass is 31.2. The molecule has 0 aromatic carbocycles. The molecule has 0 bridgehead atoms. The third-order valence-electron chi connectivity index (χ3n) is 1.41. The summed E-state index contributed by atoms with van der Waals surface area (Å²) in [6, 6.07) is -1.20. The maximum atomic E-state index is 10.4. The summed E-state index contributed by atoms with van der Waals surface area (Å²) in [4.78, 5) is 27.2. The Morgan fingerprint density at radius 3 is 2.38 bits per heavy atom. The fourth-order valence-corrected chi connectivity index (χ4v) is 1.11. The minimum Gasteiger partial charge on any atom is -0.480 e. The summed E-state index contributed by atoms with van der Waals surface area (Å²) in [5.74, 6) is -1.22. The first-order valence-electron chi connectivity index (χ1n) is 3.43. The Morgan fingerprint density at radius 2 is 2.08 bits per heavy atom. The lowest BCUT2D eigenvalue weighted by Crippen LogP contribution is -2.31. The quantitative estimate of drug-likeness (QED) is 0.366. The standard InChI is InChI=1S/C6H12NO5P/c1-4(5(7)6(8)9)2-3-13(10,11)12/h2,5H,3,7H2,1H3,(H,8,9)(H2,10,11,12). The lowest BCUT2D eigenvalue weighted by molar-refractivity contribution is -0.137. The fourth-order valence-electron chi connectivity index (χ4n) is 0.585. The molecule has 0 radical (unpaired) electrons. The normalized spacial score (nSPS) is 15.5. The molecule has 0 aliphatic heterocycles. The van der Waals surface area contributed by atoms with Gasteiger partial charge < -0.3 is 20.6 Å². The van der Waals surface area contributed by atoms with Crippen LogP contribution in [0, 0.1) is 0 Å². The minimum atomic E-state index is -4.11. The van der Waals surface area contributed by atoms with Crippen LogP contribution in [0.15, 0.2) is 11.6 Å². The van der Waals surface area contributed by atoms with Gasteiger partial charge in [-0.05, 0) is 12.5 Å². The summed E-state index contributed by atoms with van der Waals surface area (Å²) in [6.07, 6.45) is 0.652. The van der Waals surface area contributed by atoms with E-state index < -0.39 is 25.8 Å². The molecule has 76 valence electrons. The number of carboxylic acid groups (broad SMARTS) is 1. The zero-order chi connectivity index (χ0) is 10.6. The first kappa shape index (κ1) is 12.3. The smallest absolute Gasteiger partial charge is 0.329 e. The van der Waals surface area contributed by atoms with Crippen molar-refractivity contribution in [3.05, 3.63) is 11.6 Å². The SMILES string of the molecule is CC(=CCP(=O)(O)O)C(N)C(=O)O. The van der Waals surface area contributed by atoms with Crippen LogP contribution < -0.4 is 5.73 Å². The van der Waals surface area contributed by atoms with Gasteiger partial charge in [0.15, 0.2) is 0 Å². The predicted octanol–water partition coefficient (Wildman–Crippen LogP) is -0.478. The zero-order valence-electron chi connectivity index (χ0n) is 7.04. The summed E-state index contributed by atoms with van der Waals surface area (Å²) in [5, 5.41) is 8.42. The van der Waals surface area contributed by atoms with E-state index in [0.29, 0.717) is 0 Å². The van der Waals surface area contributed by atoms with Gasteiger partial charge in [0.1, 0.15) is 6.04 Å². The molecule has 0 spiro atoms. The van der Waals surface area contributed by atoms with Crippen molar-refractivity contribution < 1.29 is 24.3 Å². The van der Waals surface area contributed by atoms with Crippen LogP contribution in [-0.4, -0.2) is 33.1 Å². The van der Waals surface area contributed by atoms with Crippen molar-refractivity contribution in [3.63, 3.8) is 0 Å². The molecule has 13 heavy (non-hydrogen) atoms. The molecule has 7 heteroatoms. The fraction of sp³-hybridized carbons (Fsp3) is 0.500. The highest BCUT2D eigenvalue weighted by molar-refractivity contribution is 7.51. The number of aliphatic carboxylic acids is 1. The second-order valence-corrected chi connectivity index (χ2v) is 4.31. The van der Waals surface area contributed by atoms with E-state index in [-0.39, 0.29) is 5.57 Å². The van der Waals surface area contributed by atoms with Crippen LogP contribution in [0.5, 0.6) is 0 Å². The van der Waals surface area contributed by atoms with Crippen molar-refractivity contribution in [2.45, 2.75) is 13.0 Å². The van der Waals surface area contributed by atoms with Crippen LogP contribution in [0.1, 0.15) is 6.92 Å². The zero-order valence-corrected chi connectivity index (χ0v) is 7.94. The Kier molecular flexibility index (Phi) is 4.29. The second kappa shape index (κ2) is 4.53. The van der Waals surface area contributed by atoms with E-state index in [1.807, 2.05) is 0 Å². The van der Waals surface area contributed by atoms with Crippen molar-refractivity contribution in [2.75, 3.05) is 6.16 Å². The van der Waals surface area contributed by atoms with Crippen molar-refractivity contribution in [1.29, 1.82) is 0 Å². The Morgan fingerprint density at radius 1 is 1.62 bits per heavy atom. The maximum absolute atomic E-state index is 10.4. The Balaban J connectivity index is 4.34.